The molecule has 6 nitrogen and oxygen atoms in total. The van der Waals surface area contributed by atoms with Crippen LogP contribution in [0, 0.1) is 25.2 Å². The van der Waals surface area contributed by atoms with Crippen molar-refractivity contribution in [2.75, 3.05) is 5.32 Å². The average Bonchev–Trinajstić information content (AvgIpc) is 3.04. The molecule has 1 aliphatic rings. The highest BCUT2D eigenvalue weighted by Crippen LogP contribution is 2.41. The van der Waals surface area contributed by atoms with E-state index in [9.17, 15) is 9.59 Å². The maximum absolute atomic E-state index is 13.1. The Bertz CT molecular complexity index is 1190. The fourth-order valence-electron chi connectivity index (χ4n) is 4.25. The second-order valence-electron chi connectivity index (χ2n) is 9.41. The summed E-state index contributed by atoms with van der Waals surface area (Å²) in [6.45, 7) is 10.6. The van der Waals surface area contributed by atoms with Crippen molar-refractivity contribution in [3.8, 4) is 0 Å². The van der Waals surface area contributed by atoms with Crippen molar-refractivity contribution in [1.29, 1.82) is 0 Å². The van der Waals surface area contributed by atoms with Crippen LogP contribution in [0.1, 0.15) is 48.8 Å². The topological polar surface area (TPSA) is 76.9 Å². The Morgan fingerprint density at radius 1 is 1.30 bits per heavy atom. The number of carbonyl (C=O) groups excluding carboxylic acids is 1. The summed E-state index contributed by atoms with van der Waals surface area (Å²) in [5, 5.41) is 11.8. The van der Waals surface area contributed by atoms with Gasteiger partial charge in [0.1, 0.15) is 6.54 Å². The molecule has 30 heavy (non-hydrogen) atoms. The second-order valence-corrected chi connectivity index (χ2v) is 10.5. The average molecular weight is 425 g/mol. The van der Waals surface area contributed by atoms with Crippen LogP contribution in [0.25, 0.3) is 10.2 Å². The number of nitrogens with zero attached hydrogens (tertiary/aromatic N) is 3. The Morgan fingerprint density at radius 2 is 2.07 bits per heavy atom. The molecule has 2 aromatic heterocycles. The number of fused-ring (bicyclic) bond motifs is 3. The molecule has 0 spiro atoms. The lowest BCUT2D eigenvalue weighted by Crippen LogP contribution is -2.31. The summed E-state index contributed by atoms with van der Waals surface area (Å²) in [6, 6.07) is 5.83. The Morgan fingerprint density at radius 3 is 2.77 bits per heavy atom. The SMILES string of the molecule is Cc1ccc(NC(=O)Cn2nnc3sc4c(c3c2=O)CC[C@@H](C(C)(C)C)C4)c(C)c1. The summed E-state index contributed by atoms with van der Waals surface area (Å²) >= 11 is 1.58. The fraction of sp³-hybridized carbons (Fsp3) is 0.478. The Balaban J connectivity index is 1.60. The van der Waals surface area contributed by atoms with Crippen LogP contribution in [0.4, 0.5) is 5.69 Å². The van der Waals surface area contributed by atoms with E-state index in [4.69, 9.17) is 0 Å². The molecule has 3 aromatic rings. The molecule has 0 unspecified atom stereocenters. The lowest BCUT2D eigenvalue weighted by molar-refractivity contribution is -0.117. The molecule has 0 aliphatic heterocycles. The Labute approximate surface area is 180 Å². The number of nitrogens with one attached hydrogen (secondary N) is 1. The molecule has 1 N–H and O–H groups in total. The summed E-state index contributed by atoms with van der Waals surface area (Å²) in [6.07, 6.45) is 2.93. The lowest BCUT2D eigenvalue weighted by Gasteiger charge is -2.33. The van der Waals surface area contributed by atoms with Crippen molar-refractivity contribution < 1.29 is 4.79 Å². The number of carbonyl (C=O) groups is 1. The second kappa shape index (κ2) is 7.61. The van der Waals surface area contributed by atoms with Gasteiger partial charge in [-0.3, -0.25) is 9.59 Å². The molecule has 1 amide bonds. The van der Waals surface area contributed by atoms with E-state index in [-0.39, 0.29) is 23.4 Å². The van der Waals surface area contributed by atoms with Crippen LogP contribution in [0.2, 0.25) is 0 Å². The minimum Gasteiger partial charge on any atom is -0.324 e. The smallest absolute Gasteiger partial charge is 0.279 e. The maximum atomic E-state index is 13.1. The first-order valence-electron chi connectivity index (χ1n) is 10.4. The third kappa shape index (κ3) is 3.90. The van der Waals surface area contributed by atoms with Gasteiger partial charge in [-0.25, -0.2) is 4.68 Å². The van der Waals surface area contributed by atoms with Crippen molar-refractivity contribution in [2.45, 2.75) is 60.4 Å². The number of hydrogen-bond acceptors (Lipinski definition) is 5. The zero-order chi connectivity index (χ0) is 21.6. The summed E-state index contributed by atoms with van der Waals surface area (Å²) in [4.78, 5) is 27.6. The normalized spacial score (nSPS) is 16.5. The summed E-state index contributed by atoms with van der Waals surface area (Å²) in [5.74, 6) is 0.311. The highest BCUT2D eigenvalue weighted by atomic mass is 32.1. The quantitative estimate of drug-likeness (QED) is 0.682. The van der Waals surface area contributed by atoms with Gasteiger partial charge < -0.3 is 5.32 Å². The van der Waals surface area contributed by atoms with Gasteiger partial charge in [0.05, 0.1) is 5.39 Å². The van der Waals surface area contributed by atoms with Crippen molar-refractivity contribution >= 4 is 33.1 Å². The molecule has 1 atom stereocenters. The van der Waals surface area contributed by atoms with E-state index in [0.29, 0.717) is 16.1 Å². The predicted molar refractivity (Wildman–Crippen MR) is 121 cm³/mol. The molecule has 2 heterocycles. The van der Waals surface area contributed by atoms with Crippen LogP contribution in [0.5, 0.6) is 0 Å². The minimum atomic E-state index is -0.283. The van der Waals surface area contributed by atoms with E-state index >= 15 is 0 Å². The van der Waals surface area contributed by atoms with Gasteiger partial charge in [-0.15, -0.1) is 16.4 Å². The molecule has 0 fully saturated rings. The molecule has 0 saturated carbocycles. The highest BCUT2D eigenvalue weighted by Gasteiger charge is 2.32. The van der Waals surface area contributed by atoms with Gasteiger partial charge >= 0.3 is 0 Å². The molecule has 158 valence electrons. The fourth-order valence-corrected chi connectivity index (χ4v) is 5.48. The van der Waals surface area contributed by atoms with Crippen LogP contribution >= 0.6 is 11.3 Å². The number of benzene rings is 1. The van der Waals surface area contributed by atoms with E-state index in [1.54, 1.807) is 11.3 Å². The van der Waals surface area contributed by atoms with Crippen LogP contribution < -0.4 is 10.9 Å². The monoisotopic (exact) mass is 424 g/mol. The number of rotatable bonds is 3. The van der Waals surface area contributed by atoms with Crippen molar-refractivity contribution in [3.63, 3.8) is 0 Å². The van der Waals surface area contributed by atoms with Gasteiger partial charge in [0, 0.05) is 10.6 Å². The van der Waals surface area contributed by atoms with Crippen LogP contribution in [0.3, 0.4) is 0 Å². The minimum absolute atomic E-state index is 0.148. The first kappa shape index (κ1) is 20.7. The number of hydrogen-bond donors (Lipinski definition) is 1. The van der Waals surface area contributed by atoms with Crippen molar-refractivity contribution in [2.24, 2.45) is 11.3 Å². The third-order valence-corrected chi connectivity index (χ3v) is 7.25. The van der Waals surface area contributed by atoms with Gasteiger partial charge in [0.25, 0.3) is 5.56 Å². The molecule has 0 saturated heterocycles. The Hall–Kier alpha value is -2.54. The lowest BCUT2D eigenvalue weighted by atomic mass is 9.72. The molecule has 7 heteroatoms. The third-order valence-electron chi connectivity index (χ3n) is 6.11. The largest absolute Gasteiger partial charge is 0.324 e. The van der Waals surface area contributed by atoms with E-state index < -0.39 is 0 Å². The number of amides is 1. The zero-order valence-electron chi connectivity index (χ0n) is 18.2. The number of thiophene rings is 1. The first-order valence-corrected chi connectivity index (χ1v) is 11.2. The van der Waals surface area contributed by atoms with E-state index in [1.165, 1.54) is 9.56 Å². The van der Waals surface area contributed by atoms with Gasteiger partial charge in [0.15, 0.2) is 4.83 Å². The molecule has 1 aromatic carbocycles. The predicted octanol–water partition coefficient (Wildman–Crippen LogP) is 4.26. The van der Waals surface area contributed by atoms with Crippen LogP contribution in [-0.4, -0.2) is 20.9 Å². The van der Waals surface area contributed by atoms with Crippen molar-refractivity contribution in [3.05, 3.63) is 50.1 Å². The maximum Gasteiger partial charge on any atom is 0.279 e. The number of anilines is 1. The highest BCUT2D eigenvalue weighted by molar-refractivity contribution is 7.18. The molecule has 1 aliphatic carbocycles. The first-order chi connectivity index (χ1) is 14.1. The molecular formula is C23H28N4O2S. The zero-order valence-corrected chi connectivity index (χ0v) is 19.0. The number of aromatic nitrogens is 3. The van der Waals surface area contributed by atoms with Crippen LogP contribution in [-0.2, 0) is 24.2 Å². The summed E-state index contributed by atoms with van der Waals surface area (Å²) in [7, 11) is 0. The number of aryl methyl sites for hydroxylation is 3. The van der Waals surface area contributed by atoms with E-state index in [0.717, 1.165) is 41.6 Å². The summed E-state index contributed by atoms with van der Waals surface area (Å²) in [5.41, 5.74) is 3.99. The molecular weight excluding hydrogens is 396 g/mol. The summed E-state index contributed by atoms with van der Waals surface area (Å²) < 4.78 is 1.18. The van der Waals surface area contributed by atoms with E-state index in [2.05, 4.69) is 36.4 Å². The van der Waals surface area contributed by atoms with Crippen molar-refractivity contribution in [1.82, 2.24) is 15.0 Å². The van der Waals surface area contributed by atoms with Gasteiger partial charge in [-0.1, -0.05) is 43.7 Å². The van der Waals surface area contributed by atoms with Gasteiger partial charge in [-0.05, 0) is 61.6 Å². The Kier molecular flexibility index (Phi) is 5.26. The van der Waals surface area contributed by atoms with Gasteiger partial charge in [-0.2, -0.15) is 0 Å². The van der Waals surface area contributed by atoms with E-state index in [1.807, 2.05) is 32.0 Å². The molecule has 0 radical (unpaired) electrons. The van der Waals surface area contributed by atoms with Gasteiger partial charge in [0.2, 0.25) is 5.91 Å². The van der Waals surface area contributed by atoms with Crippen LogP contribution in [0.15, 0.2) is 23.0 Å². The standard InChI is InChI=1S/C23H28N4O2S/c1-13-6-9-17(14(2)10-13)24-19(28)12-27-22(29)20-16-8-7-15(23(3,4)5)11-18(16)30-21(20)25-26-27/h6,9-10,15H,7-8,11-12H2,1-5H3,(H,24,28)/t15-/m1/s1. The molecule has 0 bridgehead atoms. The molecule has 4 rings (SSSR count).